The summed E-state index contributed by atoms with van der Waals surface area (Å²) in [7, 11) is 0. The summed E-state index contributed by atoms with van der Waals surface area (Å²) < 4.78 is 38.5. The molecule has 5 nitrogen and oxygen atoms in total. The molecule has 1 saturated heterocycles. The zero-order valence-electron chi connectivity index (χ0n) is 16.1. The lowest BCUT2D eigenvalue weighted by molar-refractivity contribution is 0.173. The minimum atomic E-state index is -0.592. The van der Waals surface area contributed by atoms with Crippen molar-refractivity contribution < 1.29 is 18.3 Å². The van der Waals surface area contributed by atoms with E-state index in [1.54, 1.807) is 12.3 Å². The van der Waals surface area contributed by atoms with Crippen LogP contribution in [0.2, 0.25) is 5.02 Å². The molecule has 1 atom stereocenters. The molecular weight excluding hydrogens is 412 g/mol. The van der Waals surface area contributed by atoms with E-state index in [1.165, 1.54) is 12.1 Å². The van der Waals surface area contributed by atoms with Crippen LogP contribution in [-0.4, -0.2) is 35.0 Å². The Hall–Kier alpha value is -2.64. The van der Waals surface area contributed by atoms with Gasteiger partial charge >= 0.3 is 0 Å². The molecule has 0 saturated carbocycles. The molecule has 2 aromatic carbocycles. The summed E-state index contributed by atoms with van der Waals surface area (Å²) in [6.45, 7) is 2.61. The summed E-state index contributed by atoms with van der Waals surface area (Å²) in [6, 6.07) is 7.37. The zero-order chi connectivity index (χ0) is 20.7. The van der Waals surface area contributed by atoms with Crippen LogP contribution < -0.4 is 9.47 Å². The highest BCUT2D eigenvalue weighted by molar-refractivity contribution is 6.31. The number of hydrogen-bond acceptors (Lipinski definition) is 4. The molecule has 0 unspecified atom stereocenters. The number of benzene rings is 2. The molecule has 3 heterocycles. The van der Waals surface area contributed by atoms with E-state index in [1.807, 2.05) is 6.07 Å². The molecule has 2 aliphatic rings. The van der Waals surface area contributed by atoms with Crippen molar-refractivity contribution in [2.24, 2.45) is 0 Å². The third-order valence-electron chi connectivity index (χ3n) is 5.74. The normalized spacial score (nSPS) is 18.7. The molecule has 0 aliphatic carbocycles. The smallest absolute Gasteiger partial charge is 0.231 e. The van der Waals surface area contributed by atoms with Gasteiger partial charge in [-0.15, -0.1) is 0 Å². The standard InChI is InChI=1S/C22H20ClF2N3O2/c23-18-8-21-20(29-12-30-21)6-14(18)11-28-5-1-2-13(10-28)22-17(9-26-27-22)16-4-3-15(24)7-19(16)25/h3-4,6-9,13H,1-2,5,10-12H2,(H,26,27)/t13-/m0/s1. The van der Waals surface area contributed by atoms with Gasteiger partial charge in [-0.1, -0.05) is 11.6 Å². The number of halogens is 3. The van der Waals surface area contributed by atoms with Crippen LogP contribution in [0, 0.1) is 11.6 Å². The number of hydrogen-bond donors (Lipinski definition) is 1. The monoisotopic (exact) mass is 431 g/mol. The molecule has 3 aromatic rings. The van der Waals surface area contributed by atoms with Crippen molar-refractivity contribution in [1.82, 2.24) is 15.1 Å². The van der Waals surface area contributed by atoms with Crippen molar-refractivity contribution in [3.63, 3.8) is 0 Å². The number of piperidine rings is 1. The molecular formula is C22H20ClF2N3O2. The lowest BCUT2D eigenvalue weighted by atomic mass is 9.90. The lowest BCUT2D eigenvalue weighted by Crippen LogP contribution is -2.34. The molecule has 1 N–H and O–H groups in total. The van der Waals surface area contributed by atoms with E-state index >= 15 is 0 Å². The van der Waals surface area contributed by atoms with E-state index in [9.17, 15) is 8.78 Å². The maximum absolute atomic E-state index is 14.3. The van der Waals surface area contributed by atoms with Gasteiger partial charge in [-0.25, -0.2) is 8.78 Å². The van der Waals surface area contributed by atoms with Gasteiger partial charge in [0.15, 0.2) is 11.5 Å². The number of nitrogens with zero attached hydrogens (tertiary/aromatic N) is 2. The van der Waals surface area contributed by atoms with E-state index in [0.717, 1.165) is 43.3 Å². The van der Waals surface area contributed by atoms with Crippen molar-refractivity contribution in [3.05, 3.63) is 64.4 Å². The van der Waals surface area contributed by atoms with Crippen LogP contribution in [-0.2, 0) is 6.54 Å². The third kappa shape index (κ3) is 3.63. The average Bonchev–Trinajstić information content (AvgIpc) is 3.38. The van der Waals surface area contributed by atoms with Crippen LogP contribution in [0.25, 0.3) is 11.1 Å². The minimum absolute atomic E-state index is 0.161. The Kier molecular flexibility index (Phi) is 5.08. The van der Waals surface area contributed by atoms with Gasteiger partial charge in [0, 0.05) is 53.0 Å². The number of likely N-dealkylation sites (tertiary alicyclic amines) is 1. The molecule has 8 heteroatoms. The Morgan fingerprint density at radius 2 is 1.97 bits per heavy atom. The van der Waals surface area contributed by atoms with Gasteiger partial charge in [0.2, 0.25) is 6.79 Å². The van der Waals surface area contributed by atoms with Crippen LogP contribution in [0.3, 0.4) is 0 Å². The Labute approximate surface area is 177 Å². The maximum Gasteiger partial charge on any atom is 0.231 e. The molecule has 30 heavy (non-hydrogen) atoms. The summed E-state index contributed by atoms with van der Waals surface area (Å²) in [5.74, 6) is 0.367. The number of ether oxygens (including phenoxy) is 2. The van der Waals surface area contributed by atoms with E-state index in [0.29, 0.717) is 34.2 Å². The minimum Gasteiger partial charge on any atom is -0.454 e. The second-order valence-corrected chi connectivity index (χ2v) is 8.10. The van der Waals surface area contributed by atoms with Gasteiger partial charge in [0.25, 0.3) is 0 Å². The number of aromatic amines is 1. The first-order chi connectivity index (χ1) is 14.6. The van der Waals surface area contributed by atoms with Gasteiger partial charge in [-0.2, -0.15) is 5.10 Å². The highest BCUT2D eigenvalue weighted by Crippen LogP contribution is 2.39. The third-order valence-corrected chi connectivity index (χ3v) is 6.09. The number of nitrogens with one attached hydrogen (secondary N) is 1. The molecule has 0 amide bonds. The van der Waals surface area contributed by atoms with Crippen LogP contribution in [0.4, 0.5) is 8.78 Å². The number of fused-ring (bicyclic) bond motifs is 1. The van der Waals surface area contributed by atoms with E-state index in [4.69, 9.17) is 21.1 Å². The predicted octanol–water partition coefficient (Wildman–Crippen LogP) is 5.12. The molecule has 0 bridgehead atoms. The van der Waals surface area contributed by atoms with Crippen molar-refractivity contribution in [2.45, 2.75) is 25.3 Å². The van der Waals surface area contributed by atoms with Gasteiger partial charge in [-0.3, -0.25) is 10.00 Å². The van der Waals surface area contributed by atoms with Gasteiger partial charge in [-0.05, 0) is 43.1 Å². The Balaban J connectivity index is 1.36. The van der Waals surface area contributed by atoms with Crippen LogP contribution in [0.15, 0.2) is 36.5 Å². The Morgan fingerprint density at radius 1 is 1.13 bits per heavy atom. The first kappa shape index (κ1) is 19.3. The van der Waals surface area contributed by atoms with Gasteiger partial charge in [0.05, 0.1) is 6.20 Å². The van der Waals surface area contributed by atoms with E-state index in [2.05, 4.69) is 15.1 Å². The van der Waals surface area contributed by atoms with Crippen molar-refractivity contribution >= 4 is 11.6 Å². The maximum atomic E-state index is 14.3. The highest BCUT2D eigenvalue weighted by atomic mass is 35.5. The second-order valence-electron chi connectivity index (χ2n) is 7.69. The highest BCUT2D eigenvalue weighted by Gasteiger charge is 2.27. The van der Waals surface area contributed by atoms with Gasteiger partial charge in [0.1, 0.15) is 11.6 Å². The molecule has 5 rings (SSSR count). The van der Waals surface area contributed by atoms with Crippen LogP contribution >= 0.6 is 11.6 Å². The summed E-state index contributed by atoms with van der Waals surface area (Å²) >= 11 is 6.45. The molecule has 1 aromatic heterocycles. The van der Waals surface area contributed by atoms with Gasteiger partial charge < -0.3 is 9.47 Å². The topological polar surface area (TPSA) is 50.4 Å². The average molecular weight is 432 g/mol. The quantitative estimate of drug-likeness (QED) is 0.623. The SMILES string of the molecule is Fc1ccc(-c2cn[nH]c2[C@H]2CCCN(Cc3cc4c(cc3Cl)OCO4)C2)c(F)c1. The molecule has 1 fully saturated rings. The molecule has 0 radical (unpaired) electrons. The number of H-pyrrole nitrogens is 1. The Morgan fingerprint density at radius 3 is 2.80 bits per heavy atom. The van der Waals surface area contributed by atoms with E-state index < -0.39 is 11.6 Å². The fourth-order valence-corrected chi connectivity index (χ4v) is 4.50. The molecule has 2 aliphatic heterocycles. The van der Waals surface area contributed by atoms with Crippen molar-refractivity contribution in [1.29, 1.82) is 0 Å². The number of rotatable bonds is 4. The second kappa shape index (κ2) is 7.89. The first-order valence-corrected chi connectivity index (χ1v) is 10.3. The predicted molar refractivity (Wildman–Crippen MR) is 109 cm³/mol. The summed E-state index contributed by atoms with van der Waals surface area (Å²) in [4.78, 5) is 2.32. The van der Waals surface area contributed by atoms with E-state index in [-0.39, 0.29) is 12.7 Å². The lowest BCUT2D eigenvalue weighted by Gasteiger charge is -2.33. The summed E-state index contributed by atoms with van der Waals surface area (Å²) in [5, 5.41) is 7.84. The molecule has 0 spiro atoms. The summed E-state index contributed by atoms with van der Waals surface area (Å²) in [6.07, 6.45) is 3.57. The van der Waals surface area contributed by atoms with Crippen LogP contribution in [0.1, 0.15) is 30.0 Å². The van der Waals surface area contributed by atoms with Crippen molar-refractivity contribution in [2.75, 3.05) is 19.9 Å². The van der Waals surface area contributed by atoms with Crippen molar-refractivity contribution in [3.8, 4) is 22.6 Å². The largest absolute Gasteiger partial charge is 0.454 e. The summed E-state index contributed by atoms with van der Waals surface area (Å²) in [5.41, 5.74) is 2.90. The van der Waals surface area contributed by atoms with Crippen LogP contribution in [0.5, 0.6) is 11.5 Å². The molecule has 156 valence electrons. The first-order valence-electron chi connectivity index (χ1n) is 9.87. The number of aromatic nitrogens is 2. The Bertz CT molecular complexity index is 1090. The zero-order valence-corrected chi connectivity index (χ0v) is 16.9. The fourth-order valence-electron chi connectivity index (χ4n) is 4.29. The fraction of sp³-hybridized carbons (Fsp3) is 0.318.